The van der Waals surface area contributed by atoms with Gasteiger partial charge < -0.3 is 14.9 Å². The van der Waals surface area contributed by atoms with Crippen LogP contribution in [0.4, 0.5) is 0 Å². The predicted molar refractivity (Wildman–Crippen MR) is 72.4 cm³/mol. The summed E-state index contributed by atoms with van der Waals surface area (Å²) in [5.74, 6) is -1.43. The van der Waals surface area contributed by atoms with E-state index in [2.05, 4.69) is 10.2 Å². The molecule has 7 nitrogen and oxygen atoms in total. The van der Waals surface area contributed by atoms with Crippen LogP contribution in [0, 0.1) is 0 Å². The van der Waals surface area contributed by atoms with Gasteiger partial charge >= 0.3 is 5.97 Å². The lowest BCUT2D eigenvalue weighted by atomic mass is 10.1. The second-order valence-electron chi connectivity index (χ2n) is 4.22. The molecule has 0 spiro atoms. The van der Waals surface area contributed by atoms with E-state index in [1.165, 1.54) is 0 Å². The first-order valence-electron chi connectivity index (χ1n) is 6.15. The van der Waals surface area contributed by atoms with Crippen molar-refractivity contribution >= 4 is 29.4 Å². The van der Waals surface area contributed by atoms with Crippen molar-refractivity contribution in [1.82, 2.24) is 10.4 Å². The van der Waals surface area contributed by atoms with Crippen LogP contribution in [0.25, 0.3) is 0 Å². The number of hydrogen-bond acceptors (Lipinski definition) is 5. The molecule has 1 atom stereocenters. The van der Waals surface area contributed by atoms with Crippen LogP contribution in [0.2, 0.25) is 0 Å². The molecule has 21 heavy (non-hydrogen) atoms. The number of para-hydroxylation sites is 1. The Labute approximate surface area is 125 Å². The molecule has 0 aliphatic carbocycles. The maximum Gasteiger partial charge on any atom is 0.347 e. The summed E-state index contributed by atoms with van der Waals surface area (Å²) in [6, 6.07) is 8.12. The normalized spacial score (nSPS) is 16.9. The molecule has 1 aromatic carbocycles. The van der Waals surface area contributed by atoms with Gasteiger partial charge in [0.25, 0.3) is 11.8 Å². The summed E-state index contributed by atoms with van der Waals surface area (Å²) in [5.41, 5.74) is 0. The summed E-state index contributed by atoms with van der Waals surface area (Å²) in [6.07, 6.45) is 0. The molecular formula is C13H13ClN2O5. The highest BCUT2D eigenvalue weighted by molar-refractivity contribution is 6.26. The van der Waals surface area contributed by atoms with Crippen LogP contribution in [-0.4, -0.2) is 47.9 Å². The number of carbonyl (C=O) groups excluding carboxylic acids is 3. The molecule has 0 radical (unpaired) electrons. The first-order chi connectivity index (χ1) is 10.1. The van der Waals surface area contributed by atoms with E-state index in [1.807, 2.05) is 6.07 Å². The van der Waals surface area contributed by atoms with Crippen LogP contribution >= 0.6 is 11.6 Å². The lowest BCUT2D eigenvalue weighted by Gasteiger charge is -2.35. The van der Waals surface area contributed by atoms with E-state index in [0.29, 0.717) is 5.75 Å². The predicted octanol–water partition coefficient (Wildman–Crippen LogP) is 0.0894. The highest BCUT2D eigenvalue weighted by Gasteiger charge is 2.40. The Morgan fingerprint density at radius 1 is 1.33 bits per heavy atom. The first kappa shape index (κ1) is 15.1. The molecule has 1 unspecified atom stereocenters. The van der Waals surface area contributed by atoms with Crippen molar-refractivity contribution in [2.45, 2.75) is 6.04 Å². The van der Waals surface area contributed by atoms with E-state index in [1.54, 1.807) is 24.3 Å². The summed E-state index contributed by atoms with van der Waals surface area (Å²) in [5, 5.41) is 3.33. The summed E-state index contributed by atoms with van der Waals surface area (Å²) in [6.45, 7) is -0.103. The average Bonchev–Trinajstić information content (AvgIpc) is 2.52. The van der Waals surface area contributed by atoms with Crippen molar-refractivity contribution in [2.24, 2.45) is 0 Å². The maximum absolute atomic E-state index is 11.6. The standard InChI is InChI=1S/C13H13ClN2O5/c14-6-12(18)21-16-7-10(13(16)19)15-11(17)8-20-9-4-2-1-3-5-9/h1-5,10H,6-8H2,(H,15,17). The Morgan fingerprint density at radius 3 is 2.67 bits per heavy atom. The zero-order valence-electron chi connectivity index (χ0n) is 11.0. The molecule has 0 aromatic heterocycles. The second kappa shape index (κ2) is 6.94. The first-order valence-corrected chi connectivity index (χ1v) is 6.69. The molecule has 1 saturated heterocycles. The van der Waals surface area contributed by atoms with Gasteiger partial charge in [-0.2, -0.15) is 5.06 Å². The van der Waals surface area contributed by atoms with Crippen LogP contribution in [0.5, 0.6) is 5.75 Å². The number of alkyl halides is 1. The van der Waals surface area contributed by atoms with Crippen molar-refractivity contribution in [1.29, 1.82) is 0 Å². The molecule has 112 valence electrons. The van der Waals surface area contributed by atoms with Crippen molar-refractivity contribution in [3.05, 3.63) is 30.3 Å². The average molecular weight is 313 g/mol. The number of benzene rings is 1. The lowest BCUT2D eigenvalue weighted by Crippen LogP contribution is -2.64. The van der Waals surface area contributed by atoms with Crippen LogP contribution in [-0.2, 0) is 19.2 Å². The lowest BCUT2D eigenvalue weighted by molar-refractivity contribution is -0.214. The van der Waals surface area contributed by atoms with Gasteiger partial charge in [0, 0.05) is 0 Å². The van der Waals surface area contributed by atoms with E-state index < -0.39 is 23.8 Å². The largest absolute Gasteiger partial charge is 0.484 e. The van der Waals surface area contributed by atoms with E-state index in [0.717, 1.165) is 5.06 Å². The quantitative estimate of drug-likeness (QED) is 0.594. The molecule has 1 N–H and O–H groups in total. The minimum Gasteiger partial charge on any atom is -0.484 e. The fourth-order valence-corrected chi connectivity index (χ4v) is 1.68. The number of halogens is 1. The third kappa shape index (κ3) is 4.09. The summed E-state index contributed by atoms with van der Waals surface area (Å²) in [7, 11) is 0. The highest BCUT2D eigenvalue weighted by Crippen LogP contribution is 2.12. The number of rotatable bonds is 6. The Balaban J connectivity index is 1.70. The van der Waals surface area contributed by atoms with Crippen molar-refractivity contribution in [3.8, 4) is 5.75 Å². The van der Waals surface area contributed by atoms with Gasteiger partial charge in [0.05, 0.1) is 6.54 Å². The van der Waals surface area contributed by atoms with Gasteiger partial charge in [-0.05, 0) is 12.1 Å². The van der Waals surface area contributed by atoms with Crippen molar-refractivity contribution < 1.29 is 24.0 Å². The zero-order valence-corrected chi connectivity index (χ0v) is 11.7. The minimum absolute atomic E-state index is 0.0958. The molecule has 2 rings (SSSR count). The molecule has 2 amide bonds. The van der Waals surface area contributed by atoms with Gasteiger partial charge in [0.15, 0.2) is 6.61 Å². The van der Waals surface area contributed by atoms with E-state index in [9.17, 15) is 14.4 Å². The number of amides is 2. The van der Waals surface area contributed by atoms with Crippen LogP contribution in [0.3, 0.4) is 0 Å². The molecule has 1 aliphatic rings. The van der Waals surface area contributed by atoms with E-state index in [-0.39, 0.29) is 19.0 Å². The highest BCUT2D eigenvalue weighted by atomic mass is 35.5. The number of nitrogens with one attached hydrogen (secondary N) is 1. The Bertz CT molecular complexity index is 537. The molecule has 8 heteroatoms. The van der Waals surface area contributed by atoms with Gasteiger partial charge in [-0.25, -0.2) is 4.79 Å². The van der Waals surface area contributed by atoms with E-state index >= 15 is 0 Å². The summed E-state index contributed by atoms with van der Waals surface area (Å²) in [4.78, 5) is 38.7. The van der Waals surface area contributed by atoms with Crippen LogP contribution in [0.1, 0.15) is 0 Å². The van der Waals surface area contributed by atoms with Crippen molar-refractivity contribution in [2.75, 3.05) is 19.0 Å². The third-order valence-electron chi connectivity index (χ3n) is 2.66. The molecule has 0 saturated carbocycles. The van der Waals surface area contributed by atoms with Gasteiger partial charge in [-0.15, -0.1) is 11.6 Å². The number of hydroxylamine groups is 2. The van der Waals surface area contributed by atoms with Gasteiger partial charge in [0.1, 0.15) is 17.7 Å². The van der Waals surface area contributed by atoms with Crippen molar-refractivity contribution in [3.63, 3.8) is 0 Å². The smallest absolute Gasteiger partial charge is 0.347 e. The summed E-state index contributed by atoms with van der Waals surface area (Å²) < 4.78 is 5.24. The number of nitrogens with zero attached hydrogens (tertiary/aromatic N) is 1. The molecule has 1 aliphatic heterocycles. The maximum atomic E-state index is 11.6. The Hall–Kier alpha value is -2.28. The van der Waals surface area contributed by atoms with Gasteiger partial charge in [0.2, 0.25) is 0 Å². The monoisotopic (exact) mass is 312 g/mol. The van der Waals surface area contributed by atoms with Gasteiger partial charge in [-0.3, -0.25) is 9.59 Å². The molecule has 0 bridgehead atoms. The third-order valence-corrected chi connectivity index (χ3v) is 2.88. The summed E-state index contributed by atoms with van der Waals surface area (Å²) >= 11 is 5.25. The minimum atomic E-state index is -0.720. The molecular weight excluding hydrogens is 300 g/mol. The molecule has 1 fully saturated rings. The number of hydrogen-bond donors (Lipinski definition) is 1. The number of β-lactam (4-membered cyclic amide) rings is 1. The molecule has 1 aromatic rings. The number of carbonyl (C=O) groups is 3. The van der Waals surface area contributed by atoms with Crippen LogP contribution in [0.15, 0.2) is 30.3 Å². The molecule has 1 heterocycles. The Morgan fingerprint density at radius 2 is 2.05 bits per heavy atom. The SMILES string of the molecule is O=C(COc1ccccc1)NC1CN(OC(=O)CCl)C1=O. The fourth-order valence-electron chi connectivity index (χ4n) is 1.63. The van der Waals surface area contributed by atoms with E-state index in [4.69, 9.17) is 16.3 Å². The number of ether oxygens (including phenoxy) is 1. The van der Waals surface area contributed by atoms with Gasteiger partial charge in [-0.1, -0.05) is 18.2 Å². The zero-order chi connectivity index (χ0) is 15.2. The fraction of sp³-hybridized carbons (Fsp3) is 0.308. The topological polar surface area (TPSA) is 84.9 Å². The van der Waals surface area contributed by atoms with Crippen LogP contribution < -0.4 is 10.1 Å². The Kier molecular flexibility index (Phi) is 4.99. The second-order valence-corrected chi connectivity index (χ2v) is 4.49.